The largest absolute Gasteiger partial charge is 0.489 e. The summed E-state index contributed by atoms with van der Waals surface area (Å²) in [6, 6.07) is 21.4. The van der Waals surface area contributed by atoms with E-state index >= 15 is 0 Å². The zero-order chi connectivity index (χ0) is 24.6. The van der Waals surface area contributed by atoms with Crippen LogP contribution >= 0.6 is 11.6 Å². The summed E-state index contributed by atoms with van der Waals surface area (Å²) in [5, 5.41) is 0.746. The number of rotatable bonds is 10. The second-order valence-electron chi connectivity index (χ2n) is 9.56. The predicted octanol–water partition coefficient (Wildman–Crippen LogP) is 6.46. The van der Waals surface area contributed by atoms with Gasteiger partial charge in [0.25, 0.3) is 0 Å². The minimum atomic E-state index is -0.303. The lowest BCUT2D eigenvalue weighted by molar-refractivity contribution is 0.0979. The molecule has 1 atom stereocenters. The second kappa shape index (κ2) is 12.5. The van der Waals surface area contributed by atoms with Gasteiger partial charge in [0.15, 0.2) is 11.6 Å². The maximum atomic E-state index is 13.8. The molecule has 3 aromatic rings. The molecule has 2 aromatic carbocycles. The fourth-order valence-corrected chi connectivity index (χ4v) is 4.99. The molecule has 6 heteroatoms. The molecule has 0 radical (unpaired) electrons. The Labute approximate surface area is 213 Å². The molecule has 0 saturated carbocycles. The van der Waals surface area contributed by atoms with Gasteiger partial charge in [-0.15, -0.1) is 0 Å². The van der Waals surface area contributed by atoms with Gasteiger partial charge in [-0.3, -0.25) is 14.8 Å². The minimum Gasteiger partial charge on any atom is -0.489 e. The molecule has 1 aliphatic heterocycles. The molecule has 1 saturated heterocycles. The first kappa shape index (κ1) is 25.6. The van der Waals surface area contributed by atoms with Gasteiger partial charge in [0.05, 0.1) is 11.7 Å². The van der Waals surface area contributed by atoms with Crippen LogP contribution in [0.3, 0.4) is 0 Å². The van der Waals surface area contributed by atoms with Crippen LogP contribution in [0.25, 0.3) is 0 Å². The van der Waals surface area contributed by atoms with Gasteiger partial charge in [-0.1, -0.05) is 41.9 Å². The minimum absolute atomic E-state index is 0.0839. The summed E-state index contributed by atoms with van der Waals surface area (Å²) in [6.07, 6.45) is 4.15. The number of likely N-dealkylation sites (tertiary alicyclic amines) is 1. The van der Waals surface area contributed by atoms with E-state index in [1.54, 1.807) is 18.2 Å². The van der Waals surface area contributed by atoms with Crippen molar-refractivity contribution in [3.05, 3.63) is 95.0 Å². The highest BCUT2D eigenvalue weighted by molar-refractivity contribution is 6.30. The van der Waals surface area contributed by atoms with Crippen LogP contribution in [0, 0.1) is 11.7 Å². The summed E-state index contributed by atoms with van der Waals surface area (Å²) in [4.78, 5) is 9.73. The van der Waals surface area contributed by atoms with E-state index in [9.17, 15) is 4.39 Å². The number of pyridine rings is 1. The first-order valence-electron chi connectivity index (χ1n) is 12.5. The Morgan fingerprint density at radius 3 is 2.40 bits per heavy atom. The number of para-hydroxylation sites is 1. The van der Waals surface area contributed by atoms with E-state index < -0.39 is 0 Å². The van der Waals surface area contributed by atoms with E-state index in [0.717, 1.165) is 49.7 Å². The van der Waals surface area contributed by atoms with Gasteiger partial charge in [-0.25, -0.2) is 4.39 Å². The van der Waals surface area contributed by atoms with Crippen molar-refractivity contribution in [3.8, 4) is 5.75 Å². The summed E-state index contributed by atoms with van der Waals surface area (Å²) < 4.78 is 19.4. The Bertz CT molecular complexity index is 1040. The Morgan fingerprint density at radius 2 is 1.74 bits per heavy atom. The molecule has 0 N–H and O–H groups in total. The molecule has 1 fully saturated rings. The fourth-order valence-electron chi connectivity index (χ4n) is 4.87. The third-order valence-electron chi connectivity index (χ3n) is 6.83. The molecule has 0 bridgehead atoms. The van der Waals surface area contributed by atoms with Crippen molar-refractivity contribution in [2.24, 2.45) is 5.92 Å². The van der Waals surface area contributed by atoms with E-state index in [-0.39, 0.29) is 11.9 Å². The van der Waals surface area contributed by atoms with Crippen LogP contribution in [-0.2, 0) is 0 Å². The molecular formula is C29H35ClFN3O. The first-order valence-corrected chi connectivity index (χ1v) is 12.9. The summed E-state index contributed by atoms with van der Waals surface area (Å²) >= 11 is 6.19. The van der Waals surface area contributed by atoms with E-state index in [4.69, 9.17) is 21.3 Å². The molecular weight excluding hydrogens is 461 g/mol. The van der Waals surface area contributed by atoms with Crippen molar-refractivity contribution in [2.75, 3.05) is 32.8 Å². The molecule has 0 amide bonds. The Kier molecular flexibility index (Phi) is 9.13. The van der Waals surface area contributed by atoms with Crippen molar-refractivity contribution < 1.29 is 9.13 Å². The number of hydrogen-bond donors (Lipinski definition) is 0. The topological polar surface area (TPSA) is 28.6 Å². The number of hydrogen-bond acceptors (Lipinski definition) is 4. The van der Waals surface area contributed by atoms with Gasteiger partial charge in [0, 0.05) is 30.4 Å². The van der Waals surface area contributed by atoms with Crippen molar-refractivity contribution in [1.29, 1.82) is 0 Å². The average Bonchev–Trinajstić information content (AvgIpc) is 2.87. The maximum absolute atomic E-state index is 13.8. The van der Waals surface area contributed by atoms with Gasteiger partial charge < -0.3 is 4.74 Å². The van der Waals surface area contributed by atoms with Crippen LogP contribution < -0.4 is 4.74 Å². The van der Waals surface area contributed by atoms with Gasteiger partial charge in [-0.05, 0) is 87.7 Å². The van der Waals surface area contributed by atoms with Crippen molar-refractivity contribution in [1.82, 2.24) is 14.8 Å². The Morgan fingerprint density at radius 1 is 1.03 bits per heavy atom. The van der Waals surface area contributed by atoms with Gasteiger partial charge >= 0.3 is 0 Å². The van der Waals surface area contributed by atoms with Crippen molar-refractivity contribution in [2.45, 2.75) is 38.8 Å². The highest BCUT2D eigenvalue weighted by Crippen LogP contribution is 2.32. The molecule has 186 valence electrons. The number of ether oxygens (including phenoxy) is 1. The monoisotopic (exact) mass is 495 g/mol. The molecule has 1 aromatic heterocycles. The molecule has 2 heterocycles. The summed E-state index contributed by atoms with van der Waals surface area (Å²) in [7, 11) is 0. The van der Waals surface area contributed by atoms with Crippen molar-refractivity contribution >= 4 is 11.6 Å². The number of nitrogens with zero attached hydrogens (tertiary/aromatic N) is 3. The standard InChI is InChI=1S/C29H35ClFN3O/c1-22(2)34(29(27-8-5-6-16-32-27)24-10-12-25(30)13-11-24)21-23-14-17-33(18-15-23)19-20-35-28-9-4-3-7-26(28)31/h3-13,16,22-23,29H,14-15,17-21H2,1-2H3. The fraction of sp³-hybridized carbons (Fsp3) is 0.414. The normalized spacial score (nSPS) is 16.1. The highest BCUT2D eigenvalue weighted by Gasteiger charge is 2.29. The van der Waals surface area contributed by atoms with Crippen LogP contribution in [0.5, 0.6) is 5.75 Å². The molecule has 35 heavy (non-hydrogen) atoms. The SMILES string of the molecule is CC(C)N(CC1CCN(CCOc2ccccc2F)CC1)C(c1ccc(Cl)cc1)c1ccccn1. The van der Waals surface area contributed by atoms with E-state index in [2.05, 4.69) is 47.9 Å². The van der Waals surface area contributed by atoms with Gasteiger partial charge in [-0.2, -0.15) is 0 Å². The van der Waals surface area contributed by atoms with Crippen LogP contribution in [0.15, 0.2) is 72.9 Å². The van der Waals surface area contributed by atoms with Crippen LogP contribution in [-0.4, -0.2) is 53.6 Å². The van der Waals surface area contributed by atoms with E-state index in [1.807, 2.05) is 24.4 Å². The van der Waals surface area contributed by atoms with Gasteiger partial charge in [0.2, 0.25) is 0 Å². The van der Waals surface area contributed by atoms with E-state index in [0.29, 0.717) is 24.3 Å². The Balaban J connectivity index is 1.37. The number of aromatic nitrogens is 1. The molecule has 1 unspecified atom stereocenters. The lowest BCUT2D eigenvalue weighted by Crippen LogP contribution is -2.43. The number of halogens is 2. The van der Waals surface area contributed by atoms with Crippen LogP contribution in [0.1, 0.15) is 44.0 Å². The van der Waals surface area contributed by atoms with Crippen molar-refractivity contribution in [3.63, 3.8) is 0 Å². The smallest absolute Gasteiger partial charge is 0.165 e. The summed E-state index contributed by atoms with van der Waals surface area (Å²) in [5.74, 6) is 0.639. The quantitative estimate of drug-likeness (QED) is 0.322. The predicted molar refractivity (Wildman–Crippen MR) is 140 cm³/mol. The molecule has 0 aliphatic carbocycles. The highest BCUT2D eigenvalue weighted by atomic mass is 35.5. The lowest BCUT2D eigenvalue weighted by Gasteiger charge is -2.40. The lowest BCUT2D eigenvalue weighted by atomic mass is 9.93. The summed E-state index contributed by atoms with van der Waals surface area (Å²) in [6.45, 7) is 8.93. The summed E-state index contributed by atoms with van der Waals surface area (Å²) in [5.41, 5.74) is 2.27. The molecule has 0 spiro atoms. The number of benzene rings is 2. The Hall–Kier alpha value is -2.47. The first-order chi connectivity index (χ1) is 17.0. The number of piperidine rings is 1. The molecule has 4 nitrogen and oxygen atoms in total. The van der Waals surface area contributed by atoms with Crippen LogP contribution in [0.2, 0.25) is 5.02 Å². The molecule has 4 rings (SSSR count). The zero-order valence-corrected chi connectivity index (χ0v) is 21.4. The third-order valence-corrected chi connectivity index (χ3v) is 7.08. The average molecular weight is 496 g/mol. The maximum Gasteiger partial charge on any atom is 0.165 e. The van der Waals surface area contributed by atoms with Crippen LogP contribution in [0.4, 0.5) is 4.39 Å². The zero-order valence-electron chi connectivity index (χ0n) is 20.6. The second-order valence-corrected chi connectivity index (χ2v) is 10.00. The third kappa shape index (κ3) is 7.03. The van der Waals surface area contributed by atoms with E-state index in [1.165, 1.54) is 11.6 Å². The molecule has 1 aliphatic rings. The van der Waals surface area contributed by atoms with Gasteiger partial charge in [0.1, 0.15) is 6.61 Å².